The fourth-order valence-corrected chi connectivity index (χ4v) is 1.73. The molecule has 1 saturated heterocycles. The Morgan fingerprint density at radius 1 is 1.47 bits per heavy atom. The highest BCUT2D eigenvalue weighted by Gasteiger charge is 2.17. The first-order chi connectivity index (χ1) is 7.08. The van der Waals surface area contributed by atoms with Crippen LogP contribution in [0.5, 0.6) is 0 Å². The summed E-state index contributed by atoms with van der Waals surface area (Å²) in [5.41, 5.74) is 5.80. The normalized spacial score (nSPS) is 19.7. The largest absolute Gasteiger partial charge is 0.328 e. The first-order valence-electron chi connectivity index (χ1n) is 5.81. The number of ketones is 1. The van der Waals surface area contributed by atoms with Crippen LogP contribution in [0.4, 0.5) is 0 Å². The van der Waals surface area contributed by atoms with Crippen molar-refractivity contribution in [1.29, 1.82) is 0 Å². The molecule has 0 aromatic carbocycles. The van der Waals surface area contributed by atoms with Gasteiger partial charge in [-0.25, -0.2) is 0 Å². The van der Waals surface area contributed by atoms with Crippen LogP contribution in [0.3, 0.4) is 0 Å². The lowest BCUT2D eigenvalue weighted by molar-refractivity contribution is -0.119. The lowest BCUT2D eigenvalue weighted by Gasteiger charge is -2.29. The van der Waals surface area contributed by atoms with E-state index in [1.165, 1.54) is 0 Å². The SMILES string of the molecule is CC(C)NCC(=O)CN1CCC(N)CC1. The lowest BCUT2D eigenvalue weighted by Crippen LogP contribution is -2.43. The molecule has 1 fully saturated rings. The third-order valence-corrected chi connectivity index (χ3v) is 2.74. The molecule has 0 amide bonds. The van der Waals surface area contributed by atoms with Crippen molar-refractivity contribution in [2.75, 3.05) is 26.2 Å². The van der Waals surface area contributed by atoms with Gasteiger partial charge < -0.3 is 11.1 Å². The maximum Gasteiger partial charge on any atom is 0.160 e. The summed E-state index contributed by atoms with van der Waals surface area (Å²) < 4.78 is 0. The van der Waals surface area contributed by atoms with Gasteiger partial charge in [0.25, 0.3) is 0 Å². The van der Waals surface area contributed by atoms with Crippen molar-refractivity contribution in [1.82, 2.24) is 10.2 Å². The van der Waals surface area contributed by atoms with Crippen molar-refractivity contribution in [2.24, 2.45) is 5.73 Å². The smallest absolute Gasteiger partial charge is 0.160 e. The van der Waals surface area contributed by atoms with Gasteiger partial charge in [0.2, 0.25) is 0 Å². The minimum atomic E-state index is 0.277. The average molecular weight is 213 g/mol. The molecule has 4 heteroatoms. The zero-order valence-corrected chi connectivity index (χ0v) is 9.83. The number of Topliss-reactive ketones (excluding diaryl/α,β-unsaturated/α-hetero) is 1. The van der Waals surface area contributed by atoms with Crippen molar-refractivity contribution < 1.29 is 4.79 Å². The molecular formula is C11H23N3O. The van der Waals surface area contributed by atoms with Gasteiger partial charge in [-0.1, -0.05) is 13.8 Å². The Morgan fingerprint density at radius 3 is 2.60 bits per heavy atom. The summed E-state index contributed by atoms with van der Waals surface area (Å²) in [4.78, 5) is 13.8. The predicted molar refractivity (Wildman–Crippen MR) is 61.8 cm³/mol. The Balaban J connectivity index is 2.15. The number of carbonyl (C=O) groups excluding carboxylic acids is 1. The molecule has 1 aliphatic rings. The number of nitrogens with one attached hydrogen (secondary N) is 1. The van der Waals surface area contributed by atoms with Gasteiger partial charge in [-0.05, 0) is 12.8 Å². The molecule has 15 heavy (non-hydrogen) atoms. The van der Waals surface area contributed by atoms with Gasteiger partial charge in [-0.2, -0.15) is 0 Å². The summed E-state index contributed by atoms with van der Waals surface area (Å²) in [5.74, 6) is 0.277. The maximum atomic E-state index is 11.6. The molecule has 1 heterocycles. The molecule has 0 bridgehead atoms. The van der Waals surface area contributed by atoms with Crippen LogP contribution in [0.25, 0.3) is 0 Å². The van der Waals surface area contributed by atoms with Gasteiger partial charge in [0.1, 0.15) is 0 Å². The van der Waals surface area contributed by atoms with E-state index in [0.717, 1.165) is 25.9 Å². The van der Waals surface area contributed by atoms with E-state index in [1.54, 1.807) is 0 Å². The Kier molecular flexibility index (Phi) is 5.22. The molecule has 0 atom stereocenters. The standard InChI is InChI=1S/C11H23N3O/c1-9(2)13-7-11(15)8-14-5-3-10(12)4-6-14/h9-10,13H,3-8,12H2,1-2H3. The summed E-state index contributed by atoms with van der Waals surface area (Å²) in [5, 5.41) is 3.14. The summed E-state index contributed by atoms with van der Waals surface area (Å²) in [6.07, 6.45) is 2.04. The van der Waals surface area contributed by atoms with Crippen LogP contribution in [-0.4, -0.2) is 48.9 Å². The molecule has 88 valence electrons. The summed E-state index contributed by atoms with van der Waals surface area (Å²) >= 11 is 0. The number of piperidine rings is 1. The van der Waals surface area contributed by atoms with Crippen LogP contribution in [0.2, 0.25) is 0 Å². The monoisotopic (exact) mass is 213 g/mol. The van der Waals surface area contributed by atoms with Crippen molar-refractivity contribution in [3.05, 3.63) is 0 Å². The van der Waals surface area contributed by atoms with E-state index in [0.29, 0.717) is 25.2 Å². The van der Waals surface area contributed by atoms with Crippen LogP contribution in [0, 0.1) is 0 Å². The van der Waals surface area contributed by atoms with Crippen molar-refractivity contribution in [3.63, 3.8) is 0 Å². The molecule has 0 aromatic rings. The number of likely N-dealkylation sites (tertiary alicyclic amines) is 1. The molecule has 0 saturated carbocycles. The summed E-state index contributed by atoms with van der Waals surface area (Å²) in [7, 11) is 0. The van der Waals surface area contributed by atoms with Gasteiger partial charge in [0, 0.05) is 25.2 Å². The first-order valence-corrected chi connectivity index (χ1v) is 5.81. The Morgan fingerprint density at radius 2 is 2.07 bits per heavy atom. The number of nitrogens with two attached hydrogens (primary N) is 1. The van der Waals surface area contributed by atoms with Crippen molar-refractivity contribution in [3.8, 4) is 0 Å². The average Bonchev–Trinajstić information content (AvgIpc) is 2.19. The molecule has 0 radical (unpaired) electrons. The zero-order valence-electron chi connectivity index (χ0n) is 9.83. The molecule has 1 aliphatic heterocycles. The van der Waals surface area contributed by atoms with Crippen LogP contribution in [-0.2, 0) is 4.79 Å². The highest BCUT2D eigenvalue weighted by Crippen LogP contribution is 2.07. The summed E-state index contributed by atoms with van der Waals surface area (Å²) in [6.45, 7) is 7.09. The lowest BCUT2D eigenvalue weighted by atomic mass is 10.1. The topological polar surface area (TPSA) is 58.4 Å². The van der Waals surface area contributed by atoms with Gasteiger partial charge in [0.15, 0.2) is 5.78 Å². The van der Waals surface area contributed by atoms with E-state index in [-0.39, 0.29) is 5.78 Å². The third-order valence-electron chi connectivity index (χ3n) is 2.74. The van der Waals surface area contributed by atoms with Crippen LogP contribution >= 0.6 is 0 Å². The number of hydrogen-bond donors (Lipinski definition) is 2. The molecule has 0 unspecified atom stereocenters. The second-order valence-electron chi connectivity index (χ2n) is 4.69. The number of carbonyl (C=O) groups is 1. The van der Waals surface area contributed by atoms with E-state index in [1.807, 2.05) is 13.8 Å². The Hall–Kier alpha value is -0.450. The highest BCUT2D eigenvalue weighted by atomic mass is 16.1. The minimum absolute atomic E-state index is 0.277. The molecular weight excluding hydrogens is 190 g/mol. The molecule has 0 spiro atoms. The van der Waals surface area contributed by atoms with Crippen molar-refractivity contribution in [2.45, 2.75) is 38.8 Å². The first kappa shape index (κ1) is 12.6. The predicted octanol–water partition coefficient (Wildman–Crippen LogP) is -0.0234. The quantitative estimate of drug-likeness (QED) is 0.674. The molecule has 0 aromatic heterocycles. The Labute approximate surface area is 92.2 Å². The fourth-order valence-electron chi connectivity index (χ4n) is 1.73. The Bertz CT molecular complexity index is 198. The van der Waals surface area contributed by atoms with E-state index in [2.05, 4.69) is 10.2 Å². The number of hydrogen-bond acceptors (Lipinski definition) is 4. The van der Waals surface area contributed by atoms with Crippen LogP contribution in [0.15, 0.2) is 0 Å². The number of nitrogens with zero attached hydrogens (tertiary/aromatic N) is 1. The highest BCUT2D eigenvalue weighted by molar-refractivity contribution is 5.82. The molecule has 0 aliphatic carbocycles. The van der Waals surface area contributed by atoms with E-state index < -0.39 is 0 Å². The second-order valence-corrected chi connectivity index (χ2v) is 4.69. The van der Waals surface area contributed by atoms with E-state index in [9.17, 15) is 4.79 Å². The van der Waals surface area contributed by atoms with Crippen LogP contribution in [0.1, 0.15) is 26.7 Å². The minimum Gasteiger partial charge on any atom is -0.328 e. The van der Waals surface area contributed by atoms with E-state index >= 15 is 0 Å². The fraction of sp³-hybridized carbons (Fsp3) is 0.909. The number of rotatable bonds is 5. The van der Waals surface area contributed by atoms with Gasteiger partial charge in [0.05, 0.1) is 13.1 Å². The summed E-state index contributed by atoms with van der Waals surface area (Å²) in [6, 6.07) is 0.717. The van der Waals surface area contributed by atoms with Crippen molar-refractivity contribution >= 4 is 5.78 Å². The third kappa shape index (κ3) is 5.25. The molecule has 4 nitrogen and oxygen atoms in total. The zero-order chi connectivity index (χ0) is 11.3. The second kappa shape index (κ2) is 6.20. The maximum absolute atomic E-state index is 11.6. The van der Waals surface area contributed by atoms with Gasteiger partial charge >= 0.3 is 0 Å². The van der Waals surface area contributed by atoms with Gasteiger partial charge in [-0.3, -0.25) is 9.69 Å². The molecule has 1 rings (SSSR count). The van der Waals surface area contributed by atoms with Crippen LogP contribution < -0.4 is 11.1 Å². The van der Waals surface area contributed by atoms with E-state index in [4.69, 9.17) is 5.73 Å². The van der Waals surface area contributed by atoms with Gasteiger partial charge in [-0.15, -0.1) is 0 Å². The molecule has 3 N–H and O–H groups in total.